The number of aromatic nitrogens is 3. The number of para-hydroxylation sites is 1. The number of nitrogens with zero attached hydrogens (tertiary/aromatic N) is 4. The van der Waals surface area contributed by atoms with E-state index in [9.17, 15) is 0 Å². The van der Waals surface area contributed by atoms with Crippen molar-refractivity contribution in [1.82, 2.24) is 19.2 Å². The van der Waals surface area contributed by atoms with Crippen LogP contribution in [0.5, 0.6) is 5.75 Å². The molecule has 1 aliphatic rings. The molecule has 0 saturated carbocycles. The van der Waals surface area contributed by atoms with E-state index in [1.165, 1.54) is 0 Å². The lowest BCUT2D eigenvalue weighted by Gasteiger charge is -2.18. The van der Waals surface area contributed by atoms with Crippen LogP contribution in [0.4, 0.5) is 0 Å². The van der Waals surface area contributed by atoms with E-state index >= 15 is 0 Å². The van der Waals surface area contributed by atoms with Crippen LogP contribution in [0, 0.1) is 4.77 Å². The molecular weight excluding hydrogens is 404 g/mol. The maximum Gasteiger partial charge on any atom is 0.199 e. The minimum atomic E-state index is 0.212. The van der Waals surface area contributed by atoms with Gasteiger partial charge in [0.25, 0.3) is 0 Å². The van der Waals surface area contributed by atoms with Gasteiger partial charge in [0.2, 0.25) is 0 Å². The third-order valence-electron chi connectivity index (χ3n) is 5.08. The Morgan fingerprint density at radius 3 is 2.90 bits per heavy atom. The molecule has 0 radical (unpaired) electrons. The second-order valence-corrected chi connectivity index (χ2v) is 8.61. The molecule has 8 heteroatoms. The lowest BCUT2D eigenvalue weighted by molar-refractivity contribution is 0.0967. The molecule has 1 saturated heterocycles. The lowest BCUT2D eigenvalue weighted by Crippen LogP contribution is -2.23. The Morgan fingerprint density at radius 1 is 1.31 bits per heavy atom. The lowest BCUT2D eigenvalue weighted by atomic mass is 10.2. The highest BCUT2D eigenvalue weighted by molar-refractivity contribution is 7.71. The van der Waals surface area contributed by atoms with Crippen LogP contribution in [0.15, 0.2) is 41.8 Å². The van der Waals surface area contributed by atoms with Crippen LogP contribution in [-0.4, -0.2) is 46.1 Å². The first-order valence-corrected chi connectivity index (χ1v) is 11.1. The molecule has 0 bridgehead atoms. The first-order valence-electron chi connectivity index (χ1n) is 9.79. The molecular formula is C21H26N4O2S2. The molecule has 0 aliphatic carbocycles. The van der Waals surface area contributed by atoms with Crippen molar-refractivity contribution in [2.75, 3.05) is 20.8 Å². The van der Waals surface area contributed by atoms with Gasteiger partial charge in [-0.1, -0.05) is 24.3 Å². The zero-order valence-corrected chi connectivity index (χ0v) is 18.4. The molecule has 1 aliphatic heterocycles. The maximum absolute atomic E-state index is 5.85. The molecule has 0 unspecified atom stereocenters. The summed E-state index contributed by atoms with van der Waals surface area (Å²) in [5.74, 6) is 1.82. The molecule has 0 N–H and O–H groups in total. The van der Waals surface area contributed by atoms with E-state index in [-0.39, 0.29) is 6.10 Å². The van der Waals surface area contributed by atoms with Gasteiger partial charge in [-0.15, -0.1) is 16.4 Å². The van der Waals surface area contributed by atoms with E-state index < -0.39 is 0 Å². The maximum atomic E-state index is 5.85. The van der Waals surface area contributed by atoms with Crippen molar-refractivity contribution >= 4 is 23.6 Å². The van der Waals surface area contributed by atoms with Crippen LogP contribution in [0.3, 0.4) is 0 Å². The van der Waals surface area contributed by atoms with Gasteiger partial charge >= 0.3 is 0 Å². The number of thiophene rings is 1. The van der Waals surface area contributed by atoms with Crippen molar-refractivity contribution in [3.63, 3.8) is 0 Å². The van der Waals surface area contributed by atoms with E-state index in [0.29, 0.717) is 6.67 Å². The predicted molar refractivity (Wildman–Crippen MR) is 118 cm³/mol. The number of benzene rings is 1. The Kier molecular flexibility index (Phi) is 6.44. The SMILES string of the molecule is COc1ccccc1CN(C)Cn1nc(-c2cccs2)n(C[C@H]2CCCO2)c1=S. The van der Waals surface area contributed by atoms with E-state index in [4.69, 9.17) is 26.8 Å². The van der Waals surface area contributed by atoms with Crippen molar-refractivity contribution in [3.05, 3.63) is 52.1 Å². The average molecular weight is 431 g/mol. The smallest absolute Gasteiger partial charge is 0.199 e. The van der Waals surface area contributed by atoms with Gasteiger partial charge in [-0.2, -0.15) is 0 Å². The Labute approximate surface area is 180 Å². The molecule has 0 amide bonds. The molecule has 4 rings (SSSR count). The average Bonchev–Trinajstić information content (AvgIpc) is 3.47. The molecule has 1 aromatic carbocycles. The van der Waals surface area contributed by atoms with Crippen LogP contribution in [-0.2, 0) is 24.5 Å². The van der Waals surface area contributed by atoms with Crippen LogP contribution >= 0.6 is 23.6 Å². The minimum absolute atomic E-state index is 0.212. The standard InChI is InChI=1S/C21H26N4O2S2/c1-23(13-16-7-3-4-9-18(16)26-2)15-25-21(28)24(14-17-8-5-11-27-17)20(22-25)19-10-6-12-29-19/h3-4,6-7,9-10,12,17H,5,8,11,13-15H2,1-2H3/t17-/m1/s1. The highest BCUT2D eigenvalue weighted by Gasteiger charge is 2.21. The quantitative estimate of drug-likeness (QED) is 0.495. The molecule has 3 aromatic rings. The van der Waals surface area contributed by atoms with Gasteiger partial charge in [0.1, 0.15) is 5.75 Å². The monoisotopic (exact) mass is 430 g/mol. The molecule has 6 nitrogen and oxygen atoms in total. The number of methoxy groups -OCH3 is 1. The number of ether oxygens (including phenoxy) is 2. The second kappa shape index (κ2) is 9.21. The number of hydrogen-bond donors (Lipinski definition) is 0. The molecule has 3 heterocycles. The van der Waals surface area contributed by atoms with E-state index in [1.54, 1.807) is 18.4 Å². The van der Waals surface area contributed by atoms with Gasteiger partial charge in [-0.05, 0) is 49.6 Å². The van der Waals surface area contributed by atoms with E-state index in [0.717, 1.165) is 59.3 Å². The second-order valence-electron chi connectivity index (χ2n) is 7.30. The Balaban J connectivity index is 1.57. The third kappa shape index (κ3) is 4.61. The summed E-state index contributed by atoms with van der Waals surface area (Å²) in [6.07, 6.45) is 2.40. The van der Waals surface area contributed by atoms with Crippen LogP contribution in [0.25, 0.3) is 10.7 Å². The molecule has 2 aromatic heterocycles. The third-order valence-corrected chi connectivity index (χ3v) is 6.38. The normalized spacial score (nSPS) is 16.6. The van der Waals surface area contributed by atoms with Crippen LogP contribution in [0.1, 0.15) is 18.4 Å². The summed E-state index contributed by atoms with van der Waals surface area (Å²) < 4.78 is 16.1. The summed E-state index contributed by atoms with van der Waals surface area (Å²) in [4.78, 5) is 3.31. The summed E-state index contributed by atoms with van der Waals surface area (Å²) in [7, 11) is 3.77. The Hall–Kier alpha value is -2.00. The fourth-order valence-corrected chi connectivity index (χ4v) is 4.66. The fourth-order valence-electron chi connectivity index (χ4n) is 3.68. The number of hydrogen-bond acceptors (Lipinski definition) is 6. The fraction of sp³-hybridized carbons (Fsp3) is 0.429. The van der Waals surface area contributed by atoms with Gasteiger partial charge in [0.15, 0.2) is 10.6 Å². The van der Waals surface area contributed by atoms with Gasteiger partial charge in [-0.25, -0.2) is 4.68 Å². The van der Waals surface area contributed by atoms with E-state index in [2.05, 4.69) is 34.0 Å². The first-order chi connectivity index (χ1) is 14.2. The van der Waals surface area contributed by atoms with Gasteiger partial charge < -0.3 is 9.47 Å². The zero-order chi connectivity index (χ0) is 20.2. The van der Waals surface area contributed by atoms with Crippen molar-refractivity contribution in [1.29, 1.82) is 0 Å². The van der Waals surface area contributed by atoms with Crippen LogP contribution < -0.4 is 4.74 Å². The summed E-state index contributed by atoms with van der Waals surface area (Å²) in [5.41, 5.74) is 1.14. The van der Waals surface area contributed by atoms with Crippen molar-refractivity contribution in [3.8, 4) is 16.5 Å². The van der Waals surface area contributed by atoms with E-state index in [1.807, 2.05) is 28.9 Å². The van der Waals surface area contributed by atoms with Gasteiger partial charge in [-0.3, -0.25) is 9.47 Å². The summed E-state index contributed by atoms with van der Waals surface area (Å²) in [5, 5.41) is 6.95. The van der Waals surface area contributed by atoms with Gasteiger partial charge in [0.05, 0.1) is 31.3 Å². The molecule has 154 valence electrons. The van der Waals surface area contributed by atoms with Crippen molar-refractivity contribution in [2.45, 2.75) is 38.7 Å². The van der Waals surface area contributed by atoms with Crippen molar-refractivity contribution < 1.29 is 9.47 Å². The number of rotatable bonds is 8. The molecule has 29 heavy (non-hydrogen) atoms. The predicted octanol–water partition coefficient (Wildman–Crippen LogP) is 4.42. The highest BCUT2D eigenvalue weighted by atomic mass is 32.1. The first kappa shape index (κ1) is 20.3. The summed E-state index contributed by atoms with van der Waals surface area (Å²) >= 11 is 7.50. The van der Waals surface area contributed by atoms with Crippen molar-refractivity contribution in [2.24, 2.45) is 0 Å². The Bertz CT molecular complexity index is 991. The van der Waals surface area contributed by atoms with Crippen LogP contribution in [0.2, 0.25) is 0 Å². The topological polar surface area (TPSA) is 44.5 Å². The summed E-state index contributed by atoms with van der Waals surface area (Å²) in [6.45, 7) is 2.94. The summed E-state index contributed by atoms with van der Waals surface area (Å²) in [6, 6.07) is 12.2. The Morgan fingerprint density at radius 2 is 2.17 bits per heavy atom. The highest BCUT2D eigenvalue weighted by Crippen LogP contribution is 2.26. The van der Waals surface area contributed by atoms with Gasteiger partial charge in [0, 0.05) is 18.7 Å². The minimum Gasteiger partial charge on any atom is -0.496 e. The molecule has 1 atom stereocenters. The molecule has 1 fully saturated rings. The molecule has 0 spiro atoms. The largest absolute Gasteiger partial charge is 0.496 e. The zero-order valence-electron chi connectivity index (χ0n) is 16.8.